The average molecular weight is 226 g/mol. The molecule has 0 saturated carbocycles. The molecule has 0 saturated heterocycles. The fourth-order valence-corrected chi connectivity index (χ4v) is 1.29. The fourth-order valence-electron chi connectivity index (χ4n) is 1.29. The van der Waals surface area contributed by atoms with E-state index in [1.54, 1.807) is 12.3 Å². The Bertz CT molecular complexity index is 323. The number of nitrogens with one attached hydrogen (secondary N) is 2. The molecular formula is C11H18N2O3. The van der Waals surface area contributed by atoms with Crippen LogP contribution in [-0.2, 0) is 16.0 Å². The number of carbonyl (C=O) groups is 1. The minimum Gasteiger partial charge on any atom is -0.464 e. The predicted molar refractivity (Wildman–Crippen MR) is 60.3 cm³/mol. The van der Waals surface area contributed by atoms with Gasteiger partial charge in [0.25, 0.3) is 0 Å². The maximum atomic E-state index is 11.1. The van der Waals surface area contributed by atoms with Crippen LogP contribution >= 0.6 is 0 Å². The van der Waals surface area contributed by atoms with Crippen LogP contribution < -0.4 is 5.32 Å². The highest BCUT2D eigenvalue weighted by molar-refractivity contribution is 5.87. The zero-order valence-electron chi connectivity index (χ0n) is 9.71. The molecule has 0 unspecified atom stereocenters. The Labute approximate surface area is 95.1 Å². The molecule has 0 aliphatic carbocycles. The summed E-state index contributed by atoms with van der Waals surface area (Å²) in [5.74, 6) is -0.347. The molecule has 0 radical (unpaired) electrons. The molecule has 0 spiro atoms. The number of hydrogen-bond donors (Lipinski definition) is 2. The van der Waals surface area contributed by atoms with Gasteiger partial charge < -0.3 is 19.8 Å². The Morgan fingerprint density at radius 3 is 3.06 bits per heavy atom. The number of aromatic amines is 1. The second kappa shape index (κ2) is 7.03. The van der Waals surface area contributed by atoms with E-state index in [4.69, 9.17) is 4.74 Å². The molecule has 0 amide bonds. The van der Waals surface area contributed by atoms with Gasteiger partial charge in [-0.05, 0) is 18.6 Å². The van der Waals surface area contributed by atoms with Gasteiger partial charge in [-0.2, -0.15) is 0 Å². The molecular weight excluding hydrogens is 208 g/mol. The van der Waals surface area contributed by atoms with Gasteiger partial charge in [-0.3, -0.25) is 0 Å². The molecule has 16 heavy (non-hydrogen) atoms. The average Bonchev–Trinajstić information content (AvgIpc) is 2.76. The summed E-state index contributed by atoms with van der Waals surface area (Å²) in [5.41, 5.74) is 1.50. The summed E-state index contributed by atoms with van der Waals surface area (Å²) in [5, 5.41) is 3.21. The summed E-state index contributed by atoms with van der Waals surface area (Å²) in [6.07, 6.45) is 1.79. The van der Waals surface area contributed by atoms with Crippen molar-refractivity contribution < 1.29 is 14.3 Å². The molecule has 0 bridgehead atoms. The second-order valence-electron chi connectivity index (χ2n) is 3.29. The van der Waals surface area contributed by atoms with Crippen LogP contribution in [0.4, 0.5) is 0 Å². The molecule has 5 heteroatoms. The Morgan fingerprint density at radius 1 is 1.56 bits per heavy atom. The Balaban J connectivity index is 2.27. The smallest absolute Gasteiger partial charge is 0.354 e. The van der Waals surface area contributed by atoms with E-state index in [9.17, 15) is 4.79 Å². The Morgan fingerprint density at radius 2 is 2.38 bits per heavy atom. The van der Waals surface area contributed by atoms with Crippen LogP contribution in [0, 0.1) is 0 Å². The van der Waals surface area contributed by atoms with Crippen LogP contribution in [0.15, 0.2) is 12.3 Å². The Kier molecular flexibility index (Phi) is 5.60. The molecule has 0 aromatic carbocycles. The van der Waals surface area contributed by atoms with Gasteiger partial charge in [0.15, 0.2) is 0 Å². The number of esters is 1. The van der Waals surface area contributed by atoms with Crippen LogP contribution in [0.3, 0.4) is 0 Å². The molecule has 2 N–H and O–H groups in total. The number of methoxy groups -OCH3 is 1. The topological polar surface area (TPSA) is 63.3 Å². The SMILES string of the molecule is CCOCCNCc1c[nH]c(C(=O)OC)c1. The standard InChI is InChI=1S/C11H18N2O3/c1-3-16-5-4-12-7-9-6-10(13-8-9)11(14)15-2/h6,8,12-13H,3-5,7H2,1-2H3. The van der Waals surface area contributed by atoms with Gasteiger partial charge in [0, 0.05) is 25.9 Å². The summed E-state index contributed by atoms with van der Waals surface area (Å²) < 4.78 is 9.78. The van der Waals surface area contributed by atoms with Gasteiger partial charge in [-0.25, -0.2) is 4.79 Å². The van der Waals surface area contributed by atoms with Crippen LogP contribution in [0.5, 0.6) is 0 Å². The van der Waals surface area contributed by atoms with Crippen molar-refractivity contribution in [2.24, 2.45) is 0 Å². The van der Waals surface area contributed by atoms with E-state index in [2.05, 4.69) is 15.0 Å². The molecule has 1 aromatic heterocycles. The van der Waals surface area contributed by atoms with E-state index in [0.29, 0.717) is 18.8 Å². The molecule has 0 aliphatic rings. The first-order chi connectivity index (χ1) is 7.77. The molecule has 90 valence electrons. The van der Waals surface area contributed by atoms with E-state index in [0.717, 1.165) is 18.7 Å². The quantitative estimate of drug-likeness (QED) is 0.536. The van der Waals surface area contributed by atoms with Crippen molar-refractivity contribution in [2.75, 3.05) is 26.9 Å². The monoisotopic (exact) mass is 226 g/mol. The molecule has 1 rings (SSSR count). The second-order valence-corrected chi connectivity index (χ2v) is 3.29. The molecule has 1 aromatic rings. The lowest BCUT2D eigenvalue weighted by Crippen LogP contribution is -2.18. The van der Waals surface area contributed by atoms with E-state index >= 15 is 0 Å². The van der Waals surface area contributed by atoms with E-state index < -0.39 is 0 Å². The van der Waals surface area contributed by atoms with Gasteiger partial charge in [0.2, 0.25) is 0 Å². The number of ether oxygens (including phenoxy) is 2. The summed E-state index contributed by atoms with van der Waals surface area (Å²) in [6, 6.07) is 1.78. The van der Waals surface area contributed by atoms with Crippen molar-refractivity contribution in [2.45, 2.75) is 13.5 Å². The highest BCUT2D eigenvalue weighted by Gasteiger charge is 2.07. The fraction of sp³-hybridized carbons (Fsp3) is 0.545. The summed E-state index contributed by atoms with van der Waals surface area (Å²) in [7, 11) is 1.36. The highest BCUT2D eigenvalue weighted by atomic mass is 16.5. The third-order valence-electron chi connectivity index (χ3n) is 2.10. The van der Waals surface area contributed by atoms with E-state index in [1.165, 1.54) is 7.11 Å². The van der Waals surface area contributed by atoms with Crippen molar-refractivity contribution >= 4 is 5.97 Å². The van der Waals surface area contributed by atoms with Gasteiger partial charge >= 0.3 is 5.97 Å². The lowest BCUT2D eigenvalue weighted by molar-refractivity contribution is 0.0595. The third-order valence-corrected chi connectivity index (χ3v) is 2.10. The number of hydrogen-bond acceptors (Lipinski definition) is 4. The number of H-pyrrole nitrogens is 1. The molecule has 0 aliphatic heterocycles. The molecule has 1 heterocycles. The summed E-state index contributed by atoms with van der Waals surface area (Å²) in [6.45, 7) is 4.91. The van der Waals surface area contributed by atoms with E-state index in [-0.39, 0.29) is 5.97 Å². The molecule has 0 fully saturated rings. The lowest BCUT2D eigenvalue weighted by atomic mass is 10.3. The first kappa shape index (κ1) is 12.7. The zero-order chi connectivity index (χ0) is 11.8. The first-order valence-electron chi connectivity index (χ1n) is 5.32. The van der Waals surface area contributed by atoms with Crippen molar-refractivity contribution in [3.63, 3.8) is 0 Å². The van der Waals surface area contributed by atoms with Gasteiger partial charge in [-0.15, -0.1) is 0 Å². The number of aromatic nitrogens is 1. The van der Waals surface area contributed by atoms with Gasteiger partial charge in [0.1, 0.15) is 5.69 Å². The van der Waals surface area contributed by atoms with Crippen molar-refractivity contribution in [1.82, 2.24) is 10.3 Å². The van der Waals surface area contributed by atoms with Gasteiger partial charge in [0.05, 0.1) is 13.7 Å². The maximum Gasteiger partial charge on any atom is 0.354 e. The minimum absolute atomic E-state index is 0.347. The lowest BCUT2D eigenvalue weighted by Gasteiger charge is -2.02. The molecule has 5 nitrogen and oxygen atoms in total. The maximum absolute atomic E-state index is 11.1. The van der Waals surface area contributed by atoms with E-state index in [1.807, 2.05) is 6.92 Å². The van der Waals surface area contributed by atoms with Crippen molar-refractivity contribution in [1.29, 1.82) is 0 Å². The predicted octanol–water partition coefficient (Wildman–Crippen LogP) is 0.927. The minimum atomic E-state index is -0.347. The van der Waals surface area contributed by atoms with Crippen LogP contribution in [0.1, 0.15) is 23.0 Å². The largest absolute Gasteiger partial charge is 0.464 e. The normalized spacial score (nSPS) is 10.4. The van der Waals surface area contributed by atoms with Crippen molar-refractivity contribution in [3.05, 3.63) is 23.5 Å². The first-order valence-corrected chi connectivity index (χ1v) is 5.32. The summed E-state index contributed by atoms with van der Waals surface area (Å²) in [4.78, 5) is 14.0. The Hall–Kier alpha value is -1.33. The molecule has 0 atom stereocenters. The zero-order valence-corrected chi connectivity index (χ0v) is 9.71. The third kappa shape index (κ3) is 4.04. The van der Waals surface area contributed by atoms with Gasteiger partial charge in [-0.1, -0.05) is 0 Å². The van der Waals surface area contributed by atoms with Crippen LogP contribution in [0.25, 0.3) is 0 Å². The van der Waals surface area contributed by atoms with Crippen molar-refractivity contribution in [3.8, 4) is 0 Å². The number of carbonyl (C=O) groups excluding carboxylic acids is 1. The highest BCUT2D eigenvalue weighted by Crippen LogP contribution is 2.04. The number of rotatable bonds is 7. The summed E-state index contributed by atoms with van der Waals surface area (Å²) >= 11 is 0. The van der Waals surface area contributed by atoms with Crippen LogP contribution in [0.2, 0.25) is 0 Å². The van der Waals surface area contributed by atoms with Crippen LogP contribution in [-0.4, -0.2) is 37.8 Å².